The van der Waals surface area contributed by atoms with E-state index in [4.69, 9.17) is 16.3 Å². The Kier molecular flexibility index (Phi) is 6.11. The van der Waals surface area contributed by atoms with Gasteiger partial charge in [-0.05, 0) is 34.2 Å². The van der Waals surface area contributed by atoms with E-state index in [0.717, 1.165) is 26.1 Å². The molecule has 1 N–H and O–H groups in total. The average Bonchev–Trinajstić information content (AvgIpc) is 2.49. The van der Waals surface area contributed by atoms with Gasteiger partial charge in [0.15, 0.2) is 0 Å². The van der Waals surface area contributed by atoms with Crippen LogP contribution in [-0.4, -0.2) is 54.3 Å². The number of nitrogens with one attached hydrogen (secondary N) is 1. The van der Waals surface area contributed by atoms with Crippen LogP contribution >= 0.6 is 11.6 Å². The molecule has 1 aromatic rings. The van der Waals surface area contributed by atoms with Crippen LogP contribution in [0.5, 0.6) is 0 Å². The van der Waals surface area contributed by atoms with Crippen LogP contribution in [0.4, 0.5) is 20.7 Å². The lowest BCUT2D eigenvalue weighted by atomic mass is 10.1. The predicted octanol–water partition coefficient (Wildman–Crippen LogP) is 3.75. The molecule has 1 aliphatic heterocycles. The molecule has 1 saturated heterocycles. The van der Waals surface area contributed by atoms with Crippen LogP contribution < -0.4 is 10.2 Å². The van der Waals surface area contributed by atoms with Gasteiger partial charge in [0.2, 0.25) is 5.95 Å². The maximum absolute atomic E-state index is 14.2. The van der Waals surface area contributed by atoms with Gasteiger partial charge >= 0.3 is 6.09 Å². The quantitative estimate of drug-likeness (QED) is 0.819. The minimum absolute atomic E-state index is 0.159. The average molecular weight is 373 g/mol. The third kappa shape index (κ3) is 5.19. The van der Waals surface area contributed by atoms with Crippen molar-refractivity contribution in [2.75, 3.05) is 36.9 Å². The van der Waals surface area contributed by atoms with Crippen molar-refractivity contribution in [2.24, 2.45) is 0 Å². The topological polar surface area (TPSA) is 57.7 Å². The summed E-state index contributed by atoms with van der Waals surface area (Å²) in [5.74, 6) is -0.341. The van der Waals surface area contributed by atoms with Crippen molar-refractivity contribution in [3.8, 4) is 0 Å². The molecular weight excluding hydrogens is 347 g/mol. The number of nitrogens with zero attached hydrogens (tertiary/aromatic N) is 3. The second kappa shape index (κ2) is 7.74. The van der Waals surface area contributed by atoms with Crippen molar-refractivity contribution < 1.29 is 13.9 Å². The number of hydrogen-bond acceptors (Lipinski definition) is 5. The van der Waals surface area contributed by atoms with Crippen LogP contribution in [0.25, 0.3) is 0 Å². The van der Waals surface area contributed by atoms with E-state index >= 15 is 0 Å². The first-order chi connectivity index (χ1) is 11.6. The number of piperazine rings is 1. The number of carbonyl (C=O) groups excluding carboxylic acids is 1. The number of aromatic nitrogens is 1. The number of halogens is 2. The largest absolute Gasteiger partial charge is 0.444 e. The molecule has 0 saturated carbocycles. The summed E-state index contributed by atoms with van der Waals surface area (Å²) in [6.07, 6.45) is 0.224. The summed E-state index contributed by atoms with van der Waals surface area (Å²) in [7, 11) is 2.06. The minimum atomic E-state index is -0.806. The van der Waals surface area contributed by atoms with E-state index < -0.39 is 17.6 Å². The van der Waals surface area contributed by atoms with Crippen LogP contribution in [0.15, 0.2) is 6.07 Å². The zero-order valence-corrected chi connectivity index (χ0v) is 16.2. The van der Waals surface area contributed by atoms with Gasteiger partial charge in [0.05, 0.1) is 5.69 Å². The van der Waals surface area contributed by atoms with E-state index in [1.54, 1.807) is 26.8 Å². The number of rotatable bonds is 3. The van der Waals surface area contributed by atoms with Crippen molar-refractivity contribution in [3.05, 3.63) is 17.0 Å². The highest BCUT2D eigenvalue weighted by Crippen LogP contribution is 2.30. The highest BCUT2D eigenvalue weighted by atomic mass is 35.5. The Morgan fingerprint density at radius 2 is 2.16 bits per heavy atom. The lowest BCUT2D eigenvalue weighted by molar-refractivity contribution is 0.0636. The number of ether oxygens (including phenoxy) is 1. The normalized spacial score (nSPS) is 19.0. The van der Waals surface area contributed by atoms with Crippen LogP contribution in [0.2, 0.25) is 5.02 Å². The van der Waals surface area contributed by atoms with Crippen molar-refractivity contribution >= 4 is 29.2 Å². The van der Waals surface area contributed by atoms with Crippen LogP contribution in [0, 0.1) is 5.95 Å². The number of amides is 1. The zero-order valence-electron chi connectivity index (χ0n) is 15.4. The first-order valence-electron chi connectivity index (χ1n) is 8.42. The molecule has 1 fully saturated rings. The summed E-state index contributed by atoms with van der Waals surface area (Å²) in [5.41, 5.74) is -0.498. The highest BCUT2D eigenvalue weighted by Gasteiger charge is 2.27. The Balaban J connectivity index is 2.26. The van der Waals surface area contributed by atoms with E-state index in [1.165, 1.54) is 0 Å². The fraction of sp³-hybridized carbons (Fsp3) is 0.647. The molecule has 25 heavy (non-hydrogen) atoms. The lowest BCUT2D eigenvalue weighted by Crippen LogP contribution is -2.52. The van der Waals surface area contributed by atoms with Crippen LogP contribution in [-0.2, 0) is 4.74 Å². The molecule has 1 atom stereocenters. The fourth-order valence-electron chi connectivity index (χ4n) is 2.80. The maximum atomic E-state index is 14.2. The maximum Gasteiger partial charge on any atom is 0.412 e. The first kappa shape index (κ1) is 19.7. The standard InChI is InChI=1S/C17H26ClFN4O2/c1-6-11-10-22(5)7-8-23(11)13-9-12(14(18)15(19)21-13)20-16(24)25-17(2,3)4/h9,11H,6-8,10H2,1-5H3,(H,20,21,24)/t11-/m0/s1. The Labute approximate surface area is 153 Å². The molecule has 0 aromatic carbocycles. The number of hydrogen-bond donors (Lipinski definition) is 1. The molecule has 2 heterocycles. The fourth-order valence-corrected chi connectivity index (χ4v) is 2.94. The molecule has 140 valence electrons. The van der Waals surface area contributed by atoms with E-state index in [-0.39, 0.29) is 16.8 Å². The molecule has 0 unspecified atom stereocenters. The van der Waals surface area contributed by atoms with E-state index in [9.17, 15) is 9.18 Å². The minimum Gasteiger partial charge on any atom is -0.444 e. The van der Waals surface area contributed by atoms with Gasteiger partial charge in [-0.1, -0.05) is 18.5 Å². The van der Waals surface area contributed by atoms with Crippen LogP contribution in [0.3, 0.4) is 0 Å². The summed E-state index contributed by atoms with van der Waals surface area (Å²) in [4.78, 5) is 20.3. The summed E-state index contributed by atoms with van der Waals surface area (Å²) in [6.45, 7) is 9.81. The Hall–Kier alpha value is -1.60. The smallest absolute Gasteiger partial charge is 0.412 e. The van der Waals surface area contributed by atoms with Gasteiger partial charge in [-0.15, -0.1) is 0 Å². The number of anilines is 2. The second-order valence-corrected chi connectivity index (χ2v) is 7.66. The SMILES string of the molecule is CC[C@H]1CN(C)CCN1c1cc(NC(=O)OC(C)(C)C)c(Cl)c(F)n1. The first-order valence-corrected chi connectivity index (χ1v) is 8.79. The molecule has 1 aliphatic rings. The van der Waals surface area contributed by atoms with Gasteiger partial charge < -0.3 is 14.5 Å². The molecule has 1 aromatic heterocycles. The monoisotopic (exact) mass is 372 g/mol. The number of carbonyl (C=O) groups is 1. The molecular formula is C17H26ClFN4O2. The molecule has 0 radical (unpaired) electrons. The van der Waals surface area contributed by atoms with Gasteiger partial charge in [-0.25, -0.2) is 9.78 Å². The summed E-state index contributed by atoms with van der Waals surface area (Å²) < 4.78 is 19.4. The summed E-state index contributed by atoms with van der Waals surface area (Å²) in [6, 6.07) is 1.82. The highest BCUT2D eigenvalue weighted by molar-refractivity contribution is 6.33. The van der Waals surface area contributed by atoms with E-state index in [2.05, 4.69) is 34.1 Å². The third-order valence-corrected chi connectivity index (χ3v) is 4.35. The zero-order chi connectivity index (χ0) is 18.8. The molecule has 2 rings (SSSR count). The Bertz CT molecular complexity index is 636. The molecule has 0 aliphatic carbocycles. The third-order valence-electron chi connectivity index (χ3n) is 3.99. The molecule has 1 amide bonds. The van der Waals surface area contributed by atoms with Gasteiger partial charge in [0.25, 0.3) is 0 Å². The molecule has 8 heteroatoms. The molecule has 6 nitrogen and oxygen atoms in total. The number of likely N-dealkylation sites (N-methyl/N-ethyl adjacent to an activating group) is 1. The predicted molar refractivity (Wildman–Crippen MR) is 98.0 cm³/mol. The molecule has 0 bridgehead atoms. The Morgan fingerprint density at radius 3 is 2.76 bits per heavy atom. The van der Waals surface area contributed by atoms with Crippen LogP contribution in [0.1, 0.15) is 34.1 Å². The van der Waals surface area contributed by atoms with Crippen molar-refractivity contribution in [1.29, 1.82) is 0 Å². The second-order valence-electron chi connectivity index (χ2n) is 7.28. The van der Waals surface area contributed by atoms with Gasteiger partial charge in [-0.2, -0.15) is 4.39 Å². The number of pyridine rings is 1. The summed E-state index contributed by atoms with van der Waals surface area (Å²) in [5, 5.41) is 2.29. The van der Waals surface area contributed by atoms with Crippen molar-refractivity contribution in [2.45, 2.75) is 45.8 Å². The Morgan fingerprint density at radius 1 is 1.48 bits per heavy atom. The molecule has 0 spiro atoms. The van der Waals surface area contributed by atoms with Gasteiger partial charge in [0.1, 0.15) is 16.4 Å². The van der Waals surface area contributed by atoms with Gasteiger partial charge in [0, 0.05) is 31.7 Å². The van der Waals surface area contributed by atoms with Crippen molar-refractivity contribution in [1.82, 2.24) is 9.88 Å². The van der Waals surface area contributed by atoms with Crippen molar-refractivity contribution in [3.63, 3.8) is 0 Å². The summed E-state index contributed by atoms with van der Waals surface area (Å²) >= 11 is 5.98. The van der Waals surface area contributed by atoms with Gasteiger partial charge in [-0.3, -0.25) is 5.32 Å². The lowest BCUT2D eigenvalue weighted by Gasteiger charge is -2.40. The van der Waals surface area contributed by atoms with E-state index in [0.29, 0.717) is 5.82 Å². The van der Waals surface area contributed by atoms with E-state index in [1.807, 2.05) is 0 Å².